The van der Waals surface area contributed by atoms with Crippen LogP contribution in [-0.2, 0) is 13.9 Å². The highest BCUT2D eigenvalue weighted by molar-refractivity contribution is 6.99. The molecule has 0 aliphatic rings. The van der Waals surface area contributed by atoms with Crippen molar-refractivity contribution in [2.75, 3.05) is 27.1 Å². The van der Waals surface area contributed by atoms with Gasteiger partial charge in [0.1, 0.15) is 6.79 Å². The maximum atomic E-state index is 9.05. The van der Waals surface area contributed by atoms with Crippen molar-refractivity contribution >= 4 is 18.7 Å². The van der Waals surface area contributed by atoms with Crippen LogP contribution in [0.15, 0.2) is 60.7 Å². The zero-order chi connectivity index (χ0) is 21.9. The SMILES string of the molecule is COCO[C@H](CCCCCO)CO[Si](c1ccccc1)(c1ccccc1)C(C)(C)C. The first-order valence-corrected chi connectivity index (χ1v) is 12.8. The van der Waals surface area contributed by atoms with E-state index in [-0.39, 0.29) is 24.5 Å². The molecule has 0 aliphatic carbocycles. The van der Waals surface area contributed by atoms with Crippen molar-refractivity contribution in [3.63, 3.8) is 0 Å². The van der Waals surface area contributed by atoms with Crippen LogP contribution in [0.3, 0.4) is 0 Å². The third-order valence-corrected chi connectivity index (χ3v) is 10.5. The molecular weight excluding hydrogens is 392 g/mol. The predicted octanol–water partition coefficient (Wildman–Crippen LogP) is 4.10. The highest BCUT2D eigenvalue weighted by Gasteiger charge is 2.50. The highest BCUT2D eigenvalue weighted by atomic mass is 28.4. The number of ether oxygens (including phenoxy) is 2. The number of aliphatic hydroxyl groups excluding tert-OH is 1. The van der Waals surface area contributed by atoms with Crippen molar-refractivity contribution in [3.8, 4) is 0 Å². The molecule has 0 amide bonds. The molecule has 1 atom stereocenters. The van der Waals surface area contributed by atoms with Crippen LogP contribution in [0.1, 0.15) is 46.5 Å². The molecule has 30 heavy (non-hydrogen) atoms. The first kappa shape index (κ1) is 24.8. The fourth-order valence-electron chi connectivity index (χ4n) is 4.02. The van der Waals surface area contributed by atoms with Gasteiger partial charge in [0.15, 0.2) is 0 Å². The van der Waals surface area contributed by atoms with E-state index in [0.717, 1.165) is 25.7 Å². The van der Waals surface area contributed by atoms with Crippen LogP contribution < -0.4 is 10.4 Å². The second-order valence-corrected chi connectivity index (χ2v) is 13.0. The van der Waals surface area contributed by atoms with Crippen LogP contribution in [0.5, 0.6) is 0 Å². The molecule has 0 saturated carbocycles. The first-order valence-electron chi connectivity index (χ1n) is 10.9. The summed E-state index contributed by atoms with van der Waals surface area (Å²) in [5.41, 5.74) is 0. The molecule has 0 fully saturated rings. The zero-order valence-corrected chi connectivity index (χ0v) is 20.0. The lowest BCUT2D eigenvalue weighted by atomic mass is 10.1. The Balaban J connectivity index is 2.34. The molecule has 0 radical (unpaired) electrons. The number of hydrogen-bond donors (Lipinski definition) is 1. The molecule has 166 valence electrons. The van der Waals surface area contributed by atoms with E-state index >= 15 is 0 Å². The smallest absolute Gasteiger partial charge is 0.261 e. The zero-order valence-electron chi connectivity index (χ0n) is 19.0. The average molecular weight is 431 g/mol. The predicted molar refractivity (Wildman–Crippen MR) is 126 cm³/mol. The van der Waals surface area contributed by atoms with Crippen molar-refractivity contribution in [2.45, 2.75) is 57.6 Å². The summed E-state index contributed by atoms with van der Waals surface area (Å²) in [5, 5.41) is 11.5. The van der Waals surface area contributed by atoms with Crippen LogP contribution in [0.4, 0.5) is 0 Å². The second kappa shape index (κ2) is 12.4. The van der Waals surface area contributed by atoms with Crippen molar-refractivity contribution in [2.24, 2.45) is 0 Å². The lowest BCUT2D eigenvalue weighted by Gasteiger charge is -2.43. The lowest BCUT2D eigenvalue weighted by molar-refractivity contribution is -0.0877. The van der Waals surface area contributed by atoms with Gasteiger partial charge in [-0.1, -0.05) is 94.3 Å². The molecule has 2 rings (SSSR count). The molecule has 0 aromatic heterocycles. The lowest BCUT2D eigenvalue weighted by Crippen LogP contribution is -2.67. The van der Waals surface area contributed by atoms with Gasteiger partial charge in [-0.2, -0.15) is 0 Å². The minimum atomic E-state index is -2.57. The Labute approximate surface area is 183 Å². The first-order chi connectivity index (χ1) is 14.5. The summed E-state index contributed by atoms with van der Waals surface area (Å²) < 4.78 is 18.1. The third-order valence-electron chi connectivity index (χ3n) is 5.51. The number of rotatable bonds is 13. The van der Waals surface area contributed by atoms with Crippen LogP contribution in [0, 0.1) is 0 Å². The van der Waals surface area contributed by atoms with Gasteiger partial charge in [-0.25, -0.2) is 0 Å². The summed E-state index contributed by atoms with van der Waals surface area (Å²) in [5.74, 6) is 0. The van der Waals surface area contributed by atoms with Gasteiger partial charge in [0.25, 0.3) is 8.32 Å². The molecular formula is C25H38O4Si. The summed E-state index contributed by atoms with van der Waals surface area (Å²) in [4.78, 5) is 0. The maximum absolute atomic E-state index is 9.05. The maximum Gasteiger partial charge on any atom is 0.261 e. The molecule has 0 saturated heterocycles. The Morgan fingerprint density at radius 2 is 1.43 bits per heavy atom. The van der Waals surface area contributed by atoms with E-state index in [4.69, 9.17) is 19.0 Å². The van der Waals surface area contributed by atoms with E-state index in [1.54, 1.807) is 7.11 Å². The van der Waals surface area contributed by atoms with Gasteiger partial charge in [0.2, 0.25) is 0 Å². The monoisotopic (exact) mass is 430 g/mol. The van der Waals surface area contributed by atoms with Crippen LogP contribution in [0.25, 0.3) is 0 Å². The number of hydrogen-bond acceptors (Lipinski definition) is 4. The van der Waals surface area contributed by atoms with E-state index in [2.05, 4.69) is 81.4 Å². The van der Waals surface area contributed by atoms with Crippen molar-refractivity contribution in [1.29, 1.82) is 0 Å². The molecule has 0 unspecified atom stereocenters. The Kier molecular flexibility index (Phi) is 10.2. The molecule has 5 heteroatoms. The minimum absolute atomic E-state index is 0.0368. The molecule has 4 nitrogen and oxygen atoms in total. The molecule has 0 bridgehead atoms. The number of unbranched alkanes of at least 4 members (excludes halogenated alkanes) is 2. The second-order valence-electron chi connectivity index (χ2n) is 8.74. The van der Waals surface area contributed by atoms with Gasteiger partial charge < -0.3 is 19.0 Å². The fourth-order valence-corrected chi connectivity index (χ4v) is 8.61. The van der Waals surface area contributed by atoms with E-state index in [1.807, 2.05) is 0 Å². The molecule has 0 aliphatic heterocycles. The topological polar surface area (TPSA) is 47.9 Å². The number of aliphatic hydroxyl groups is 1. The van der Waals surface area contributed by atoms with Crippen molar-refractivity contribution < 1.29 is 19.0 Å². The summed E-state index contributed by atoms with van der Waals surface area (Å²) in [6.07, 6.45) is 3.67. The molecule has 1 N–H and O–H groups in total. The van der Waals surface area contributed by atoms with Crippen LogP contribution in [-0.4, -0.2) is 46.6 Å². The summed E-state index contributed by atoms with van der Waals surface area (Å²) in [7, 11) is -0.922. The van der Waals surface area contributed by atoms with Crippen LogP contribution in [0.2, 0.25) is 5.04 Å². The van der Waals surface area contributed by atoms with E-state index in [0.29, 0.717) is 6.61 Å². The van der Waals surface area contributed by atoms with Gasteiger partial charge in [-0.3, -0.25) is 0 Å². The van der Waals surface area contributed by atoms with Gasteiger partial charge in [0.05, 0.1) is 12.7 Å². The summed E-state index contributed by atoms with van der Waals surface area (Å²) in [6, 6.07) is 21.3. The highest BCUT2D eigenvalue weighted by Crippen LogP contribution is 2.37. The fraction of sp³-hybridized carbons (Fsp3) is 0.520. The Hall–Kier alpha value is -1.50. The normalized spacial score (nSPS) is 13.4. The van der Waals surface area contributed by atoms with Crippen molar-refractivity contribution in [1.82, 2.24) is 0 Å². The quantitative estimate of drug-likeness (QED) is 0.295. The molecule has 0 heterocycles. The van der Waals surface area contributed by atoms with Gasteiger partial charge in [0, 0.05) is 13.7 Å². The molecule has 0 spiro atoms. The van der Waals surface area contributed by atoms with Gasteiger partial charge in [-0.05, 0) is 28.3 Å². The Morgan fingerprint density at radius 3 is 1.90 bits per heavy atom. The number of benzene rings is 2. The van der Waals surface area contributed by atoms with Gasteiger partial charge >= 0.3 is 0 Å². The molecule has 2 aromatic carbocycles. The summed E-state index contributed by atoms with van der Waals surface area (Å²) in [6.45, 7) is 7.87. The van der Waals surface area contributed by atoms with E-state index in [1.165, 1.54) is 10.4 Å². The number of methoxy groups -OCH3 is 1. The third kappa shape index (κ3) is 6.50. The van der Waals surface area contributed by atoms with Gasteiger partial charge in [-0.15, -0.1) is 0 Å². The Morgan fingerprint density at radius 1 is 0.867 bits per heavy atom. The van der Waals surface area contributed by atoms with Crippen LogP contribution >= 0.6 is 0 Å². The van der Waals surface area contributed by atoms with E-state index in [9.17, 15) is 0 Å². The van der Waals surface area contributed by atoms with Crippen molar-refractivity contribution in [3.05, 3.63) is 60.7 Å². The standard InChI is InChI=1S/C25H38O4Si/c1-25(2,3)30(23-15-9-5-10-16-23,24-17-11-6-12-18-24)29-20-22(28-21-27-4)14-8-7-13-19-26/h5-6,9-12,15-18,22,26H,7-8,13-14,19-21H2,1-4H3/t22-/m1/s1. The average Bonchev–Trinajstić information content (AvgIpc) is 2.75. The molecule has 2 aromatic rings. The summed E-state index contributed by atoms with van der Waals surface area (Å²) >= 11 is 0. The minimum Gasteiger partial charge on any atom is -0.405 e. The van der Waals surface area contributed by atoms with E-state index < -0.39 is 8.32 Å². The largest absolute Gasteiger partial charge is 0.405 e. The Bertz CT molecular complexity index is 661.